The maximum Gasteiger partial charge on any atom is 0.356 e. The number of aromatic nitrogens is 2. The fraction of sp³-hybridized carbons (Fsp3) is 0.450. The van der Waals surface area contributed by atoms with Crippen molar-refractivity contribution in [3.8, 4) is 0 Å². The quantitative estimate of drug-likeness (QED) is 0.791. The topological polar surface area (TPSA) is 64.4 Å². The van der Waals surface area contributed by atoms with Gasteiger partial charge in [-0.15, -0.1) is 0 Å². The van der Waals surface area contributed by atoms with Crippen molar-refractivity contribution in [1.82, 2.24) is 14.7 Å². The van der Waals surface area contributed by atoms with E-state index in [-0.39, 0.29) is 11.9 Å². The molecule has 0 bridgehead atoms. The van der Waals surface area contributed by atoms with Crippen LogP contribution in [0.4, 0.5) is 0 Å². The Balaban J connectivity index is 1.83. The van der Waals surface area contributed by atoms with Crippen molar-refractivity contribution < 1.29 is 14.3 Å². The second-order valence-corrected chi connectivity index (χ2v) is 6.87. The summed E-state index contributed by atoms with van der Waals surface area (Å²) in [6, 6.07) is 7.76. The summed E-state index contributed by atoms with van der Waals surface area (Å²) in [5.74, 6) is 0.0168. The molecule has 3 rings (SSSR count). The van der Waals surface area contributed by atoms with Crippen molar-refractivity contribution in [3.63, 3.8) is 0 Å². The van der Waals surface area contributed by atoms with E-state index in [4.69, 9.17) is 4.74 Å². The molecule has 0 N–H and O–H groups in total. The lowest BCUT2D eigenvalue weighted by Gasteiger charge is -2.27. The van der Waals surface area contributed by atoms with Gasteiger partial charge in [0.05, 0.1) is 18.8 Å². The molecule has 1 aliphatic rings. The molecule has 0 aliphatic carbocycles. The van der Waals surface area contributed by atoms with Gasteiger partial charge in [0.1, 0.15) is 0 Å². The molecule has 1 amide bonds. The normalized spacial score (nSPS) is 13.7. The predicted octanol–water partition coefficient (Wildman–Crippen LogP) is 2.92. The van der Waals surface area contributed by atoms with Crippen LogP contribution < -0.4 is 0 Å². The van der Waals surface area contributed by atoms with Gasteiger partial charge in [-0.3, -0.25) is 9.48 Å². The van der Waals surface area contributed by atoms with Crippen LogP contribution >= 0.6 is 0 Å². The van der Waals surface area contributed by atoms with Crippen LogP contribution in [0.3, 0.4) is 0 Å². The SMILES string of the molecule is CCOC(=O)c1c2c(nn1C)CCN(C(=O)c1ccc(C(C)C)cc1)C2. The van der Waals surface area contributed by atoms with Gasteiger partial charge in [0, 0.05) is 31.1 Å². The minimum atomic E-state index is -0.390. The monoisotopic (exact) mass is 355 g/mol. The number of hydrogen-bond donors (Lipinski definition) is 0. The molecule has 1 aromatic heterocycles. The number of aryl methyl sites for hydroxylation is 1. The largest absolute Gasteiger partial charge is 0.461 e. The van der Waals surface area contributed by atoms with Crippen LogP contribution in [0.2, 0.25) is 0 Å². The molecule has 2 aromatic rings. The summed E-state index contributed by atoms with van der Waals surface area (Å²) < 4.78 is 6.71. The number of hydrogen-bond acceptors (Lipinski definition) is 4. The first-order valence-electron chi connectivity index (χ1n) is 9.03. The Hall–Kier alpha value is -2.63. The van der Waals surface area contributed by atoms with Crippen molar-refractivity contribution in [2.75, 3.05) is 13.2 Å². The molecule has 1 aromatic carbocycles. The second-order valence-electron chi connectivity index (χ2n) is 6.87. The first-order chi connectivity index (χ1) is 12.4. The van der Waals surface area contributed by atoms with E-state index < -0.39 is 0 Å². The summed E-state index contributed by atoms with van der Waals surface area (Å²) in [5.41, 5.74) is 3.98. The molecule has 0 spiro atoms. The third-order valence-corrected chi connectivity index (χ3v) is 4.78. The highest BCUT2D eigenvalue weighted by Crippen LogP contribution is 2.24. The van der Waals surface area contributed by atoms with E-state index in [9.17, 15) is 9.59 Å². The highest BCUT2D eigenvalue weighted by Gasteiger charge is 2.30. The van der Waals surface area contributed by atoms with Crippen molar-refractivity contribution in [2.24, 2.45) is 7.05 Å². The van der Waals surface area contributed by atoms with Gasteiger partial charge in [-0.2, -0.15) is 5.10 Å². The van der Waals surface area contributed by atoms with Crippen molar-refractivity contribution in [3.05, 3.63) is 52.3 Å². The zero-order valence-corrected chi connectivity index (χ0v) is 15.8. The van der Waals surface area contributed by atoms with Crippen LogP contribution in [0.5, 0.6) is 0 Å². The summed E-state index contributed by atoms with van der Waals surface area (Å²) in [6.07, 6.45) is 0.637. The third kappa shape index (κ3) is 3.36. The maximum absolute atomic E-state index is 12.9. The van der Waals surface area contributed by atoms with Gasteiger partial charge in [-0.05, 0) is 30.5 Å². The van der Waals surface area contributed by atoms with E-state index in [0.717, 1.165) is 11.3 Å². The molecule has 1 aliphatic heterocycles. The Labute approximate surface area is 153 Å². The van der Waals surface area contributed by atoms with Crippen LogP contribution in [0.1, 0.15) is 64.4 Å². The molecule has 0 saturated heterocycles. The Morgan fingerprint density at radius 2 is 1.92 bits per heavy atom. The van der Waals surface area contributed by atoms with Gasteiger partial charge < -0.3 is 9.64 Å². The average Bonchev–Trinajstić information content (AvgIpc) is 2.96. The summed E-state index contributed by atoms with van der Waals surface area (Å²) >= 11 is 0. The van der Waals surface area contributed by atoms with E-state index in [2.05, 4.69) is 18.9 Å². The maximum atomic E-state index is 12.9. The Kier molecular flexibility index (Phi) is 5.11. The molecule has 0 unspecified atom stereocenters. The summed E-state index contributed by atoms with van der Waals surface area (Å²) in [4.78, 5) is 26.9. The molecule has 2 heterocycles. The summed E-state index contributed by atoms with van der Waals surface area (Å²) in [5, 5.41) is 4.43. The van der Waals surface area contributed by atoms with Gasteiger partial charge in [0.15, 0.2) is 5.69 Å². The van der Waals surface area contributed by atoms with Gasteiger partial charge >= 0.3 is 5.97 Å². The number of carbonyl (C=O) groups is 2. The molecular weight excluding hydrogens is 330 g/mol. The van der Waals surface area contributed by atoms with E-state index in [0.29, 0.717) is 43.3 Å². The average molecular weight is 355 g/mol. The molecule has 0 atom stereocenters. The van der Waals surface area contributed by atoms with Crippen LogP contribution in [0.15, 0.2) is 24.3 Å². The molecule has 0 radical (unpaired) electrons. The molecular formula is C20H25N3O3. The number of rotatable bonds is 4. The van der Waals surface area contributed by atoms with Gasteiger partial charge in [-0.25, -0.2) is 4.79 Å². The number of esters is 1. The zero-order valence-electron chi connectivity index (χ0n) is 15.8. The van der Waals surface area contributed by atoms with Crippen LogP contribution in [0.25, 0.3) is 0 Å². The first kappa shape index (κ1) is 18.2. The van der Waals surface area contributed by atoms with E-state index >= 15 is 0 Å². The molecule has 6 heteroatoms. The van der Waals surface area contributed by atoms with Crippen molar-refractivity contribution in [2.45, 2.75) is 39.7 Å². The lowest BCUT2D eigenvalue weighted by molar-refractivity contribution is 0.0508. The molecule has 138 valence electrons. The van der Waals surface area contributed by atoms with E-state index in [1.54, 1.807) is 23.6 Å². The molecule has 26 heavy (non-hydrogen) atoms. The second kappa shape index (κ2) is 7.32. The smallest absolute Gasteiger partial charge is 0.356 e. The molecule has 0 saturated carbocycles. The third-order valence-electron chi connectivity index (χ3n) is 4.78. The minimum absolute atomic E-state index is 0.0235. The fourth-order valence-corrected chi connectivity index (χ4v) is 3.32. The number of amides is 1. The van der Waals surface area contributed by atoms with Gasteiger partial charge in [0.25, 0.3) is 5.91 Å². The minimum Gasteiger partial charge on any atom is -0.461 e. The number of carbonyl (C=O) groups excluding carboxylic acids is 2. The van der Waals surface area contributed by atoms with Crippen molar-refractivity contribution >= 4 is 11.9 Å². The number of ether oxygens (including phenoxy) is 1. The number of nitrogens with zero attached hydrogens (tertiary/aromatic N) is 3. The highest BCUT2D eigenvalue weighted by molar-refractivity contribution is 5.95. The summed E-state index contributed by atoms with van der Waals surface area (Å²) in [6.45, 7) is 7.31. The standard InChI is InChI=1S/C20H25N3O3/c1-5-26-20(25)18-16-12-23(11-10-17(16)21-22(18)4)19(24)15-8-6-14(7-9-15)13(2)3/h6-9,13H,5,10-12H2,1-4H3. The Bertz CT molecular complexity index is 822. The zero-order chi connectivity index (χ0) is 18.8. The lowest BCUT2D eigenvalue weighted by atomic mass is 10.0. The number of fused-ring (bicyclic) bond motifs is 1. The van der Waals surface area contributed by atoms with Crippen LogP contribution in [-0.4, -0.2) is 39.7 Å². The van der Waals surface area contributed by atoms with Crippen molar-refractivity contribution in [1.29, 1.82) is 0 Å². The van der Waals surface area contributed by atoms with E-state index in [1.165, 1.54) is 5.56 Å². The predicted molar refractivity (Wildman–Crippen MR) is 98.1 cm³/mol. The van der Waals surface area contributed by atoms with Crippen LogP contribution in [0, 0.1) is 0 Å². The Morgan fingerprint density at radius 1 is 1.23 bits per heavy atom. The summed E-state index contributed by atoms with van der Waals surface area (Å²) in [7, 11) is 1.74. The van der Waals surface area contributed by atoms with Gasteiger partial charge in [0.2, 0.25) is 0 Å². The molecule has 0 fully saturated rings. The van der Waals surface area contributed by atoms with E-state index in [1.807, 2.05) is 24.3 Å². The Morgan fingerprint density at radius 3 is 2.54 bits per heavy atom. The van der Waals surface area contributed by atoms with Crippen LogP contribution in [-0.2, 0) is 24.8 Å². The highest BCUT2D eigenvalue weighted by atomic mass is 16.5. The molecule has 6 nitrogen and oxygen atoms in total. The lowest BCUT2D eigenvalue weighted by Crippen LogP contribution is -2.36. The fourth-order valence-electron chi connectivity index (χ4n) is 3.32. The van der Waals surface area contributed by atoms with Gasteiger partial charge in [-0.1, -0.05) is 26.0 Å². The first-order valence-corrected chi connectivity index (χ1v) is 9.03. The number of benzene rings is 1.